The van der Waals surface area contributed by atoms with Crippen molar-refractivity contribution in [3.8, 4) is 0 Å². The second kappa shape index (κ2) is 6.83. The molecule has 24 heavy (non-hydrogen) atoms. The molecule has 1 aliphatic carbocycles. The van der Waals surface area contributed by atoms with E-state index in [9.17, 15) is 9.59 Å². The monoisotopic (exact) mass is 329 g/mol. The van der Waals surface area contributed by atoms with E-state index in [-0.39, 0.29) is 24.0 Å². The third-order valence-electron chi connectivity index (χ3n) is 5.27. The minimum atomic E-state index is -0.120. The molecular weight excluding hydrogens is 302 g/mol. The number of amides is 3. The van der Waals surface area contributed by atoms with Crippen LogP contribution >= 0.6 is 0 Å². The van der Waals surface area contributed by atoms with Crippen LogP contribution in [-0.4, -0.2) is 42.5 Å². The zero-order valence-electron chi connectivity index (χ0n) is 14.7. The lowest BCUT2D eigenvalue weighted by Gasteiger charge is -2.30. The SMILES string of the molecule is Cc1cccc([C@@H]2C[C@@H]2[C@H](C)NC(=O)N[C@H]2CCC(=O)N(C)C2)c1. The third-order valence-corrected chi connectivity index (χ3v) is 5.27. The Morgan fingerprint density at radius 2 is 2.17 bits per heavy atom. The van der Waals surface area contributed by atoms with Crippen molar-refractivity contribution in [2.24, 2.45) is 5.92 Å². The molecule has 5 nitrogen and oxygen atoms in total. The molecule has 0 bridgehead atoms. The average molecular weight is 329 g/mol. The lowest BCUT2D eigenvalue weighted by molar-refractivity contribution is -0.132. The maximum absolute atomic E-state index is 12.2. The molecule has 1 aromatic rings. The summed E-state index contributed by atoms with van der Waals surface area (Å²) in [6, 6.07) is 8.72. The van der Waals surface area contributed by atoms with E-state index in [4.69, 9.17) is 0 Å². The molecule has 2 aliphatic rings. The summed E-state index contributed by atoms with van der Waals surface area (Å²) in [5.74, 6) is 1.22. The van der Waals surface area contributed by atoms with Gasteiger partial charge in [0.2, 0.25) is 5.91 Å². The van der Waals surface area contributed by atoms with Crippen LogP contribution in [0.3, 0.4) is 0 Å². The Balaban J connectivity index is 1.46. The largest absolute Gasteiger partial charge is 0.344 e. The number of hydrogen-bond acceptors (Lipinski definition) is 2. The van der Waals surface area contributed by atoms with Crippen LogP contribution in [0.25, 0.3) is 0 Å². The zero-order chi connectivity index (χ0) is 17.3. The molecule has 3 amide bonds. The van der Waals surface area contributed by atoms with Crippen molar-refractivity contribution in [3.63, 3.8) is 0 Å². The number of likely N-dealkylation sites (tertiary alicyclic amines) is 1. The Morgan fingerprint density at radius 3 is 2.88 bits per heavy atom. The molecule has 2 fully saturated rings. The van der Waals surface area contributed by atoms with Crippen molar-refractivity contribution in [2.75, 3.05) is 13.6 Å². The van der Waals surface area contributed by atoms with Crippen LogP contribution < -0.4 is 10.6 Å². The summed E-state index contributed by atoms with van der Waals surface area (Å²) in [7, 11) is 1.79. The first-order chi connectivity index (χ1) is 11.4. The lowest BCUT2D eigenvalue weighted by atomic mass is 10.0. The van der Waals surface area contributed by atoms with Crippen LogP contribution in [0, 0.1) is 12.8 Å². The maximum atomic E-state index is 12.2. The maximum Gasteiger partial charge on any atom is 0.315 e. The molecule has 1 aliphatic heterocycles. The lowest BCUT2D eigenvalue weighted by Crippen LogP contribution is -2.52. The minimum absolute atomic E-state index is 0.0478. The molecular formula is C19H27N3O2. The van der Waals surface area contributed by atoms with E-state index in [1.807, 2.05) is 0 Å². The van der Waals surface area contributed by atoms with Crippen LogP contribution in [0.2, 0.25) is 0 Å². The Labute approximate surface area is 143 Å². The molecule has 4 atom stereocenters. The number of likely N-dealkylation sites (N-methyl/N-ethyl adjacent to an activating group) is 1. The van der Waals surface area contributed by atoms with E-state index >= 15 is 0 Å². The second-order valence-corrected chi connectivity index (χ2v) is 7.34. The predicted molar refractivity (Wildman–Crippen MR) is 93.8 cm³/mol. The highest BCUT2D eigenvalue weighted by Gasteiger charge is 2.42. The predicted octanol–water partition coefficient (Wildman–Crippen LogP) is 2.41. The number of hydrogen-bond donors (Lipinski definition) is 2. The molecule has 1 heterocycles. The number of nitrogens with one attached hydrogen (secondary N) is 2. The summed E-state index contributed by atoms with van der Waals surface area (Å²) in [6.45, 7) is 4.79. The van der Waals surface area contributed by atoms with Crippen molar-refractivity contribution < 1.29 is 9.59 Å². The molecule has 2 N–H and O–H groups in total. The molecule has 1 saturated carbocycles. The standard InChI is InChI=1S/C19H27N3O2/c1-12-5-4-6-14(9-12)17-10-16(17)13(2)20-19(24)21-15-7-8-18(23)22(3)11-15/h4-6,9,13,15-17H,7-8,10-11H2,1-3H3,(H2,20,21,24)/t13-,15-,16+,17-/m0/s1. The van der Waals surface area contributed by atoms with E-state index in [0.717, 1.165) is 12.8 Å². The van der Waals surface area contributed by atoms with Gasteiger partial charge in [-0.15, -0.1) is 0 Å². The molecule has 1 aromatic carbocycles. The molecule has 0 unspecified atom stereocenters. The zero-order valence-corrected chi connectivity index (χ0v) is 14.7. The number of nitrogens with zero attached hydrogens (tertiary/aromatic N) is 1. The van der Waals surface area contributed by atoms with Crippen molar-refractivity contribution in [3.05, 3.63) is 35.4 Å². The second-order valence-electron chi connectivity index (χ2n) is 7.34. The van der Waals surface area contributed by atoms with Crippen LogP contribution in [0.4, 0.5) is 4.79 Å². The smallest absolute Gasteiger partial charge is 0.315 e. The van der Waals surface area contributed by atoms with E-state index < -0.39 is 0 Å². The van der Waals surface area contributed by atoms with Gasteiger partial charge in [0, 0.05) is 32.1 Å². The highest BCUT2D eigenvalue weighted by atomic mass is 16.2. The summed E-state index contributed by atoms with van der Waals surface area (Å²) in [6.07, 6.45) is 2.36. The van der Waals surface area contributed by atoms with Crippen LogP contribution in [0.5, 0.6) is 0 Å². The molecule has 0 aromatic heterocycles. The van der Waals surface area contributed by atoms with E-state index in [1.54, 1.807) is 11.9 Å². The fraction of sp³-hybridized carbons (Fsp3) is 0.579. The minimum Gasteiger partial charge on any atom is -0.344 e. The van der Waals surface area contributed by atoms with Gasteiger partial charge in [0.1, 0.15) is 0 Å². The van der Waals surface area contributed by atoms with Crippen LogP contribution in [0.15, 0.2) is 24.3 Å². The first-order valence-electron chi connectivity index (χ1n) is 8.81. The van der Waals surface area contributed by atoms with Crippen LogP contribution in [0.1, 0.15) is 43.2 Å². The van der Waals surface area contributed by atoms with Gasteiger partial charge >= 0.3 is 6.03 Å². The van der Waals surface area contributed by atoms with Crippen molar-refractivity contribution in [1.29, 1.82) is 0 Å². The first kappa shape index (κ1) is 16.8. The van der Waals surface area contributed by atoms with Gasteiger partial charge < -0.3 is 15.5 Å². The number of benzene rings is 1. The molecule has 0 spiro atoms. The van der Waals surface area contributed by atoms with Gasteiger partial charge in [-0.05, 0) is 44.1 Å². The van der Waals surface area contributed by atoms with Gasteiger partial charge in [0.15, 0.2) is 0 Å². The van der Waals surface area contributed by atoms with Gasteiger partial charge in [-0.3, -0.25) is 4.79 Å². The number of piperidine rings is 1. The number of aryl methyl sites for hydroxylation is 1. The number of carbonyl (C=O) groups is 2. The first-order valence-corrected chi connectivity index (χ1v) is 8.81. The van der Waals surface area contributed by atoms with Crippen LogP contribution in [-0.2, 0) is 4.79 Å². The highest BCUT2D eigenvalue weighted by molar-refractivity contribution is 5.78. The van der Waals surface area contributed by atoms with E-state index in [1.165, 1.54) is 11.1 Å². The van der Waals surface area contributed by atoms with Crippen molar-refractivity contribution in [1.82, 2.24) is 15.5 Å². The van der Waals surface area contributed by atoms with E-state index in [2.05, 4.69) is 48.7 Å². The summed E-state index contributed by atoms with van der Waals surface area (Å²) in [5.41, 5.74) is 2.66. The Morgan fingerprint density at radius 1 is 1.38 bits per heavy atom. The fourth-order valence-corrected chi connectivity index (χ4v) is 3.72. The Bertz CT molecular complexity index is 631. The van der Waals surface area contributed by atoms with Crippen molar-refractivity contribution in [2.45, 2.75) is 51.1 Å². The molecule has 3 rings (SSSR count). The molecule has 5 heteroatoms. The average Bonchev–Trinajstić information content (AvgIpc) is 3.31. The van der Waals surface area contributed by atoms with Crippen molar-refractivity contribution >= 4 is 11.9 Å². The Kier molecular flexibility index (Phi) is 4.78. The van der Waals surface area contributed by atoms with Gasteiger partial charge in [0.25, 0.3) is 0 Å². The molecule has 0 radical (unpaired) electrons. The summed E-state index contributed by atoms with van der Waals surface area (Å²) in [4.78, 5) is 25.4. The van der Waals surface area contributed by atoms with E-state index in [0.29, 0.717) is 24.8 Å². The third kappa shape index (κ3) is 3.89. The number of rotatable bonds is 4. The quantitative estimate of drug-likeness (QED) is 0.891. The normalized spacial score (nSPS) is 27.5. The van der Waals surface area contributed by atoms with Gasteiger partial charge in [-0.1, -0.05) is 29.8 Å². The summed E-state index contributed by atoms with van der Waals surface area (Å²) in [5, 5.41) is 6.08. The topological polar surface area (TPSA) is 61.4 Å². The Hall–Kier alpha value is -2.04. The van der Waals surface area contributed by atoms with Gasteiger partial charge in [-0.2, -0.15) is 0 Å². The van der Waals surface area contributed by atoms with Gasteiger partial charge in [0.05, 0.1) is 0 Å². The fourth-order valence-electron chi connectivity index (χ4n) is 3.72. The number of carbonyl (C=O) groups excluding carboxylic acids is 2. The highest BCUT2D eigenvalue weighted by Crippen LogP contribution is 2.49. The summed E-state index contributed by atoms with van der Waals surface area (Å²) < 4.78 is 0. The molecule has 1 saturated heterocycles. The van der Waals surface area contributed by atoms with Gasteiger partial charge in [-0.25, -0.2) is 4.79 Å². The number of urea groups is 1. The molecule has 130 valence electrons. The summed E-state index contributed by atoms with van der Waals surface area (Å²) >= 11 is 0.